The van der Waals surface area contributed by atoms with Gasteiger partial charge in [-0.15, -0.1) is 0 Å². The molecule has 0 radical (unpaired) electrons. The lowest BCUT2D eigenvalue weighted by Crippen LogP contribution is -2.54. The summed E-state index contributed by atoms with van der Waals surface area (Å²) >= 11 is 0. The standard InChI is InChI=1S/C13H24N2O4/c1-9(17)14-10-5-6-15(11(7-10)8-16)12(18)19-13(2,3)4/h10-11,16H,5-8H2,1-4H3,(H,14,17)/t10-,11-/m1/s1. The second-order valence-electron chi connectivity index (χ2n) is 5.93. The molecule has 1 aliphatic rings. The molecule has 1 rings (SSSR count). The highest BCUT2D eigenvalue weighted by Gasteiger charge is 2.33. The maximum absolute atomic E-state index is 12.0. The second kappa shape index (κ2) is 6.23. The Bertz CT molecular complexity index is 338. The zero-order valence-corrected chi connectivity index (χ0v) is 12.1. The lowest BCUT2D eigenvalue weighted by Gasteiger charge is -2.39. The van der Waals surface area contributed by atoms with Crippen LogP contribution in [0.1, 0.15) is 40.5 Å². The summed E-state index contributed by atoms with van der Waals surface area (Å²) in [4.78, 5) is 24.6. The minimum absolute atomic E-state index is 0.00772. The largest absolute Gasteiger partial charge is 0.444 e. The van der Waals surface area contributed by atoms with Crippen LogP contribution in [0.15, 0.2) is 0 Å². The van der Waals surface area contributed by atoms with Gasteiger partial charge in [-0.2, -0.15) is 0 Å². The summed E-state index contributed by atoms with van der Waals surface area (Å²) in [5.74, 6) is -0.0904. The van der Waals surface area contributed by atoms with Crippen LogP contribution < -0.4 is 5.32 Å². The van der Waals surface area contributed by atoms with E-state index < -0.39 is 11.7 Å². The minimum Gasteiger partial charge on any atom is -0.444 e. The zero-order valence-electron chi connectivity index (χ0n) is 12.1. The van der Waals surface area contributed by atoms with Crippen molar-refractivity contribution in [3.63, 3.8) is 0 Å². The van der Waals surface area contributed by atoms with Crippen LogP contribution in [0.2, 0.25) is 0 Å². The van der Waals surface area contributed by atoms with E-state index in [9.17, 15) is 14.7 Å². The van der Waals surface area contributed by atoms with E-state index in [1.165, 1.54) is 6.92 Å². The van der Waals surface area contributed by atoms with Crippen molar-refractivity contribution in [3.8, 4) is 0 Å². The van der Waals surface area contributed by atoms with Gasteiger partial charge in [-0.1, -0.05) is 0 Å². The molecule has 2 N–H and O–H groups in total. The molecule has 0 aliphatic carbocycles. The number of piperidine rings is 1. The summed E-state index contributed by atoms with van der Waals surface area (Å²) < 4.78 is 5.31. The van der Waals surface area contributed by atoms with E-state index in [-0.39, 0.29) is 24.6 Å². The van der Waals surface area contributed by atoms with Crippen LogP contribution in [0.3, 0.4) is 0 Å². The van der Waals surface area contributed by atoms with E-state index in [2.05, 4.69) is 5.32 Å². The average Bonchev–Trinajstić information content (AvgIpc) is 2.25. The van der Waals surface area contributed by atoms with Crippen molar-refractivity contribution in [2.45, 2.75) is 58.2 Å². The van der Waals surface area contributed by atoms with E-state index in [0.29, 0.717) is 19.4 Å². The van der Waals surface area contributed by atoms with Gasteiger partial charge in [-0.05, 0) is 33.6 Å². The highest BCUT2D eigenvalue weighted by molar-refractivity contribution is 5.73. The maximum atomic E-state index is 12.0. The molecule has 1 saturated heterocycles. The van der Waals surface area contributed by atoms with Crippen LogP contribution in [-0.2, 0) is 9.53 Å². The highest BCUT2D eigenvalue weighted by Crippen LogP contribution is 2.20. The summed E-state index contributed by atoms with van der Waals surface area (Å²) in [7, 11) is 0. The Hall–Kier alpha value is -1.30. The summed E-state index contributed by atoms with van der Waals surface area (Å²) in [5, 5.41) is 12.2. The van der Waals surface area contributed by atoms with Crippen LogP contribution in [0.5, 0.6) is 0 Å². The number of carbonyl (C=O) groups is 2. The Kier molecular flexibility index (Phi) is 5.17. The smallest absolute Gasteiger partial charge is 0.410 e. The van der Waals surface area contributed by atoms with Crippen LogP contribution in [0.4, 0.5) is 4.79 Å². The molecule has 0 unspecified atom stereocenters. The number of nitrogens with zero attached hydrogens (tertiary/aromatic N) is 1. The molecule has 19 heavy (non-hydrogen) atoms. The number of likely N-dealkylation sites (tertiary alicyclic amines) is 1. The van der Waals surface area contributed by atoms with Gasteiger partial charge < -0.3 is 20.1 Å². The van der Waals surface area contributed by atoms with Crippen LogP contribution in [0.25, 0.3) is 0 Å². The normalized spacial score (nSPS) is 23.9. The van der Waals surface area contributed by atoms with Gasteiger partial charge in [0.05, 0.1) is 12.6 Å². The molecule has 0 saturated carbocycles. The number of amides is 2. The summed E-state index contributed by atoms with van der Waals surface area (Å²) in [5.41, 5.74) is -0.550. The Morgan fingerprint density at radius 2 is 2.05 bits per heavy atom. The number of aliphatic hydroxyl groups is 1. The molecule has 0 aromatic rings. The van der Waals surface area contributed by atoms with Gasteiger partial charge >= 0.3 is 6.09 Å². The van der Waals surface area contributed by atoms with Crippen molar-refractivity contribution in [1.29, 1.82) is 0 Å². The third-order valence-corrected chi connectivity index (χ3v) is 2.96. The van der Waals surface area contributed by atoms with Crippen molar-refractivity contribution in [1.82, 2.24) is 10.2 Å². The predicted molar refractivity (Wildman–Crippen MR) is 70.7 cm³/mol. The molecule has 1 fully saturated rings. The van der Waals surface area contributed by atoms with Crippen molar-refractivity contribution >= 4 is 12.0 Å². The molecule has 0 spiro atoms. The maximum Gasteiger partial charge on any atom is 0.410 e. The van der Waals surface area contributed by atoms with Crippen LogP contribution >= 0.6 is 0 Å². The van der Waals surface area contributed by atoms with Gasteiger partial charge in [-0.3, -0.25) is 4.79 Å². The Morgan fingerprint density at radius 1 is 1.42 bits per heavy atom. The van der Waals surface area contributed by atoms with E-state index in [1.54, 1.807) is 4.90 Å². The van der Waals surface area contributed by atoms with Gasteiger partial charge in [-0.25, -0.2) is 4.79 Å². The van der Waals surface area contributed by atoms with Crippen molar-refractivity contribution < 1.29 is 19.4 Å². The predicted octanol–water partition coefficient (Wildman–Crippen LogP) is 0.883. The fourth-order valence-electron chi connectivity index (χ4n) is 2.20. The van der Waals surface area contributed by atoms with E-state index in [4.69, 9.17) is 4.74 Å². The monoisotopic (exact) mass is 272 g/mol. The third-order valence-electron chi connectivity index (χ3n) is 2.96. The number of hydrogen-bond acceptors (Lipinski definition) is 4. The van der Waals surface area contributed by atoms with Gasteiger partial charge in [0.25, 0.3) is 0 Å². The van der Waals surface area contributed by atoms with E-state index in [1.807, 2.05) is 20.8 Å². The molecule has 0 aromatic heterocycles. The molecule has 1 aliphatic heterocycles. The molecular weight excluding hydrogens is 248 g/mol. The topological polar surface area (TPSA) is 78.9 Å². The van der Waals surface area contributed by atoms with Crippen molar-refractivity contribution in [3.05, 3.63) is 0 Å². The first-order chi connectivity index (χ1) is 8.73. The van der Waals surface area contributed by atoms with Crippen molar-refractivity contribution in [2.24, 2.45) is 0 Å². The first kappa shape index (κ1) is 15.8. The molecule has 0 bridgehead atoms. The fourth-order valence-corrected chi connectivity index (χ4v) is 2.20. The van der Waals surface area contributed by atoms with Crippen LogP contribution in [-0.4, -0.2) is 52.8 Å². The first-order valence-corrected chi connectivity index (χ1v) is 6.60. The Balaban J connectivity index is 2.61. The van der Waals surface area contributed by atoms with Gasteiger partial charge in [0.15, 0.2) is 0 Å². The molecule has 6 nitrogen and oxygen atoms in total. The molecule has 1 heterocycles. The van der Waals surface area contributed by atoms with E-state index in [0.717, 1.165) is 0 Å². The zero-order chi connectivity index (χ0) is 14.6. The Labute approximate surface area is 114 Å². The number of ether oxygens (including phenoxy) is 1. The lowest BCUT2D eigenvalue weighted by atomic mass is 9.98. The van der Waals surface area contributed by atoms with Gasteiger partial charge in [0.1, 0.15) is 5.60 Å². The second-order valence-corrected chi connectivity index (χ2v) is 5.93. The number of carbonyl (C=O) groups excluding carboxylic acids is 2. The van der Waals surface area contributed by atoms with E-state index >= 15 is 0 Å². The quantitative estimate of drug-likeness (QED) is 0.782. The number of rotatable bonds is 2. The first-order valence-electron chi connectivity index (χ1n) is 6.60. The molecule has 2 amide bonds. The molecule has 0 aromatic carbocycles. The average molecular weight is 272 g/mol. The number of aliphatic hydroxyl groups excluding tert-OH is 1. The molecule has 2 atom stereocenters. The fraction of sp³-hybridized carbons (Fsp3) is 0.846. The summed E-state index contributed by atoms with van der Waals surface area (Å²) in [6.07, 6.45) is 0.817. The van der Waals surface area contributed by atoms with Gasteiger partial charge in [0.2, 0.25) is 5.91 Å². The molecule has 6 heteroatoms. The molecule has 110 valence electrons. The third kappa shape index (κ3) is 5.06. The van der Waals surface area contributed by atoms with Crippen LogP contribution in [0, 0.1) is 0 Å². The van der Waals surface area contributed by atoms with Crippen molar-refractivity contribution in [2.75, 3.05) is 13.2 Å². The lowest BCUT2D eigenvalue weighted by molar-refractivity contribution is -0.120. The minimum atomic E-state index is -0.550. The molecular formula is C13H24N2O4. The number of nitrogens with one attached hydrogen (secondary N) is 1. The highest BCUT2D eigenvalue weighted by atomic mass is 16.6. The Morgan fingerprint density at radius 3 is 2.53 bits per heavy atom. The number of hydrogen-bond donors (Lipinski definition) is 2. The SMILES string of the molecule is CC(=O)N[C@@H]1CCN(C(=O)OC(C)(C)C)[C@@H](CO)C1. The van der Waals surface area contributed by atoms with Gasteiger partial charge in [0, 0.05) is 19.5 Å². The summed E-state index contributed by atoms with van der Waals surface area (Å²) in [6, 6.07) is -0.297. The summed E-state index contributed by atoms with van der Waals surface area (Å²) in [6.45, 7) is 7.24.